The predicted octanol–water partition coefficient (Wildman–Crippen LogP) is 17.6. The van der Waals surface area contributed by atoms with Gasteiger partial charge in [0.1, 0.15) is 34.2 Å². The highest BCUT2D eigenvalue weighted by Gasteiger charge is 2.39. The molecular weight excluding hydrogens is 817 g/mol. The molecule has 0 saturated heterocycles. The normalized spacial score (nSPS) is 15.6. The molecule has 0 N–H and O–H groups in total. The topological polar surface area (TPSA) is 35.5 Å². The average Bonchev–Trinajstić information content (AvgIpc) is 4.08. The number of hydrogen-bond donors (Lipinski definition) is 0. The van der Waals surface area contributed by atoms with Crippen molar-refractivity contribution < 1.29 is 13.6 Å². The summed E-state index contributed by atoms with van der Waals surface area (Å²) in [7, 11) is 0. The Morgan fingerprint density at radius 2 is 0.687 bits per heavy atom. The van der Waals surface area contributed by atoms with Gasteiger partial charge in [-0.2, -0.15) is 0 Å². The molecule has 0 saturated carbocycles. The van der Waals surface area contributed by atoms with Crippen molar-refractivity contribution in [1.29, 1.82) is 0 Å². The summed E-state index contributed by atoms with van der Waals surface area (Å²) in [6, 6.07) is 72.4. The number of ether oxygens (including phenoxy) is 1. The maximum absolute atomic E-state index is 7.13. The van der Waals surface area contributed by atoms with Gasteiger partial charge in [0.2, 0.25) is 0 Å². The lowest BCUT2D eigenvalue weighted by atomic mass is 9.79. The van der Waals surface area contributed by atoms with Crippen LogP contribution in [0, 0.1) is 0 Å². The van der Waals surface area contributed by atoms with Crippen LogP contribution in [0.25, 0.3) is 126 Å². The fourth-order valence-electron chi connectivity index (χ4n) is 11.8. The number of hydrogen-bond acceptors (Lipinski definition) is 3. The van der Waals surface area contributed by atoms with Gasteiger partial charge >= 0.3 is 0 Å². The largest absolute Gasteiger partial charge is 0.484 e. The Morgan fingerprint density at radius 1 is 0.313 bits per heavy atom. The van der Waals surface area contributed by atoms with Crippen LogP contribution in [0.2, 0.25) is 0 Å². The molecule has 2 atom stereocenters. The van der Waals surface area contributed by atoms with Gasteiger partial charge in [-0.1, -0.05) is 170 Å². The first-order valence-electron chi connectivity index (χ1n) is 23.1. The van der Waals surface area contributed by atoms with Crippen LogP contribution < -0.4 is 4.74 Å². The molecule has 1 aliphatic carbocycles. The number of rotatable bonds is 4. The van der Waals surface area contributed by atoms with Crippen LogP contribution in [-0.4, -0.2) is 6.10 Å². The van der Waals surface area contributed by atoms with Gasteiger partial charge in [0, 0.05) is 38.6 Å². The van der Waals surface area contributed by atoms with E-state index in [1.807, 2.05) is 24.3 Å². The Hall–Kier alpha value is -8.66. The maximum Gasteiger partial charge on any atom is 0.135 e. The molecule has 3 heterocycles. The van der Waals surface area contributed by atoms with Gasteiger partial charge in [-0.3, -0.25) is 0 Å². The third-order valence-electron chi connectivity index (χ3n) is 14.6. The Labute approximate surface area is 385 Å². The van der Waals surface area contributed by atoms with Crippen LogP contribution in [-0.2, 0) is 0 Å². The van der Waals surface area contributed by atoms with Crippen molar-refractivity contribution in [2.45, 2.75) is 12.0 Å². The Balaban J connectivity index is 0.869. The SMILES string of the molecule is C1=CC2c3cc(-c4c5ccccc5c(-c5ccc6oc7ccccc7c6c5)c5ccccc45)ccc3OC2C(c2c3ccccc3c(-c3ccc4oc5ccccc5c4c3)c3ccccc23)=C1. The van der Waals surface area contributed by atoms with Crippen LogP contribution in [0.15, 0.2) is 227 Å². The second-order valence-electron chi connectivity index (χ2n) is 18.1. The fourth-order valence-corrected chi connectivity index (χ4v) is 11.8. The van der Waals surface area contributed by atoms with Crippen molar-refractivity contribution in [3.8, 4) is 39.1 Å². The van der Waals surface area contributed by atoms with Crippen molar-refractivity contribution >= 4 is 92.5 Å². The summed E-state index contributed by atoms with van der Waals surface area (Å²) in [5, 5.41) is 14.3. The lowest BCUT2D eigenvalue weighted by molar-refractivity contribution is 0.278. The minimum absolute atomic E-state index is 0.0391. The summed E-state index contributed by atoms with van der Waals surface area (Å²) in [4.78, 5) is 0. The number of para-hydroxylation sites is 2. The summed E-state index contributed by atoms with van der Waals surface area (Å²) in [6.45, 7) is 0. The summed E-state index contributed by atoms with van der Waals surface area (Å²) in [5.74, 6) is 0.977. The third-order valence-corrected chi connectivity index (χ3v) is 14.6. The summed E-state index contributed by atoms with van der Waals surface area (Å²) in [6.07, 6.45) is 6.68. The molecule has 0 bridgehead atoms. The van der Waals surface area contributed by atoms with Crippen LogP contribution in [0.5, 0.6) is 5.75 Å². The zero-order valence-corrected chi connectivity index (χ0v) is 36.2. The molecule has 0 radical (unpaired) electrons. The van der Waals surface area contributed by atoms with E-state index in [1.54, 1.807) is 0 Å². The van der Waals surface area contributed by atoms with Crippen molar-refractivity contribution in [3.63, 3.8) is 0 Å². The van der Waals surface area contributed by atoms with E-state index in [4.69, 9.17) is 13.6 Å². The minimum atomic E-state index is -0.189. The van der Waals surface area contributed by atoms with Gasteiger partial charge in [0.25, 0.3) is 0 Å². The molecule has 2 unspecified atom stereocenters. The zero-order chi connectivity index (χ0) is 43.7. The molecule has 0 amide bonds. The van der Waals surface area contributed by atoms with E-state index >= 15 is 0 Å². The van der Waals surface area contributed by atoms with E-state index in [1.165, 1.54) is 93.2 Å². The number of benzene rings is 11. The van der Waals surface area contributed by atoms with Crippen molar-refractivity contribution in [2.24, 2.45) is 0 Å². The Morgan fingerprint density at radius 3 is 1.15 bits per heavy atom. The Bertz CT molecular complexity index is 4210. The van der Waals surface area contributed by atoms with E-state index in [0.717, 1.165) is 49.6 Å². The Kier molecular flexibility index (Phi) is 7.62. The first kappa shape index (κ1) is 36.7. The maximum atomic E-state index is 7.13. The lowest BCUT2D eigenvalue weighted by Gasteiger charge is -2.26. The molecular formula is C64H38O3. The molecule has 67 heavy (non-hydrogen) atoms. The van der Waals surface area contributed by atoms with Crippen LogP contribution in [0.4, 0.5) is 0 Å². The fraction of sp³-hybridized carbons (Fsp3) is 0.0312. The van der Waals surface area contributed by atoms with Gasteiger partial charge < -0.3 is 13.6 Å². The number of fused-ring (bicyclic) bond motifs is 13. The van der Waals surface area contributed by atoms with Gasteiger partial charge in [-0.15, -0.1) is 0 Å². The molecule has 312 valence electrons. The molecule has 11 aromatic carbocycles. The van der Waals surface area contributed by atoms with E-state index in [0.29, 0.717) is 0 Å². The summed E-state index contributed by atoms with van der Waals surface area (Å²) in [5.41, 5.74) is 14.5. The van der Waals surface area contributed by atoms with Gasteiger partial charge in [-0.25, -0.2) is 0 Å². The first-order chi connectivity index (χ1) is 33.2. The third kappa shape index (κ3) is 5.28. The van der Waals surface area contributed by atoms with Crippen LogP contribution >= 0.6 is 0 Å². The minimum Gasteiger partial charge on any atom is -0.484 e. The standard InChI is InChI=1S/C64H38O3/c1-3-18-44-42(16-1)60(37-28-31-57-52(34-37)40-14-9-11-26-55(40)65-57)43-17-2-4-19-45(43)61(44)39-30-33-59-54(36-39)50-24-13-25-51(64(50)67-59)63-48-22-7-5-20-46(48)62(47-21-6-8-23-49(47)63)38-29-32-58-53(35-38)41-15-10-12-27-56(41)66-58/h1-36,50,64H. The lowest BCUT2D eigenvalue weighted by Crippen LogP contribution is -2.21. The quantitative estimate of drug-likeness (QED) is 0.165. The van der Waals surface area contributed by atoms with Crippen molar-refractivity contribution in [1.82, 2.24) is 0 Å². The van der Waals surface area contributed by atoms with Crippen molar-refractivity contribution in [2.75, 3.05) is 0 Å². The number of furan rings is 2. The van der Waals surface area contributed by atoms with Crippen molar-refractivity contribution in [3.05, 3.63) is 230 Å². The monoisotopic (exact) mass is 854 g/mol. The highest BCUT2D eigenvalue weighted by atomic mass is 16.5. The zero-order valence-electron chi connectivity index (χ0n) is 36.2. The predicted molar refractivity (Wildman–Crippen MR) is 278 cm³/mol. The molecule has 2 aliphatic rings. The molecule has 15 rings (SSSR count). The van der Waals surface area contributed by atoms with Crippen LogP contribution in [0.3, 0.4) is 0 Å². The molecule has 3 heteroatoms. The average molecular weight is 855 g/mol. The first-order valence-corrected chi connectivity index (χ1v) is 23.1. The van der Waals surface area contributed by atoms with E-state index in [2.05, 4.69) is 194 Å². The smallest absolute Gasteiger partial charge is 0.135 e. The van der Waals surface area contributed by atoms with Gasteiger partial charge in [0.15, 0.2) is 0 Å². The van der Waals surface area contributed by atoms with Gasteiger partial charge in [-0.05, 0) is 131 Å². The molecule has 2 aromatic heterocycles. The molecule has 0 spiro atoms. The summed E-state index contributed by atoms with van der Waals surface area (Å²) >= 11 is 0. The van der Waals surface area contributed by atoms with Gasteiger partial charge in [0.05, 0.1) is 0 Å². The molecule has 13 aromatic rings. The highest BCUT2D eigenvalue weighted by molar-refractivity contribution is 6.23. The highest BCUT2D eigenvalue weighted by Crippen LogP contribution is 2.52. The van der Waals surface area contributed by atoms with E-state index in [-0.39, 0.29) is 12.0 Å². The molecule has 0 fully saturated rings. The van der Waals surface area contributed by atoms with Crippen LogP contribution in [0.1, 0.15) is 17.0 Å². The van der Waals surface area contributed by atoms with E-state index < -0.39 is 0 Å². The number of allylic oxidation sites excluding steroid dienone is 2. The second-order valence-corrected chi connectivity index (χ2v) is 18.1. The summed E-state index contributed by atoms with van der Waals surface area (Å²) < 4.78 is 19.7. The molecule has 3 nitrogen and oxygen atoms in total. The molecule has 1 aliphatic heterocycles. The van der Waals surface area contributed by atoms with E-state index in [9.17, 15) is 0 Å². The second kappa shape index (κ2) is 13.9.